The Morgan fingerprint density at radius 1 is 1.00 bits per heavy atom. The number of ether oxygens (including phenoxy) is 2. The number of aromatic nitrogens is 1. The van der Waals surface area contributed by atoms with E-state index in [-0.39, 0.29) is 12.5 Å². The van der Waals surface area contributed by atoms with Gasteiger partial charge >= 0.3 is 0 Å². The summed E-state index contributed by atoms with van der Waals surface area (Å²) in [6, 6.07) is 15.7. The van der Waals surface area contributed by atoms with Crippen LogP contribution in [-0.4, -0.2) is 20.1 Å². The first-order valence-corrected chi connectivity index (χ1v) is 8.05. The van der Waals surface area contributed by atoms with E-state index in [4.69, 9.17) is 9.47 Å². The van der Waals surface area contributed by atoms with Crippen LogP contribution >= 0.6 is 0 Å². The highest BCUT2D eigenvalue weighted by atomic mass is 16.5. The average molecular weight is 337 g/mol. The van der Waals surface area contributed by atoms with Crippen molar-refractivity contribution in [3.8, 4) is 11.5 Å². The van der Waals surface area contributed by atoms with E-state index >= 15 is 0 Å². The zero-order valence-electron chi connectivity index (χ0n) is 14.4. The first kappa shape index (κ1) is 16.8. The SMILES string of the molecule is COc1ccc(CNC(=O)C[n+]2ccc3ccccc3c2)cc1OC. The maximum atomic E-state index is 12.2. The molecule has 0 saturated heterocycles. The molecule has 25 heavy (non-hydrogen) atoms. The van der Waals surface area contributed by atoms with Gasteiger partial charge in [0.2, 0.25) is 6.54 Å². The van der Waals surface area contributed by atoms with Crippen molar-refractivity contribution >= 4 is 16.7 Å². The van der Waals surface area contributed by atoms with Crippen molar-refractivity contribution in [1.29, 1.82) is 0 Å². The summed E-state index contributed by atoms with van der Waals surface area (Å²) in [6.45, 7) is 0.714. The Morgan fingerprint density at radius 3 is 2.52 bits per heavy atom. The summed E-state index contributed by atoms with van der Waals surface area (Å²) in [5.41, 5.74) is 0.953. The van der Waals surface area contributed by atoms with Gasteiger partial charge in [-0.2, -0.15) is 4.57 Å². The van der Waals surface area contributed by atoms with Crippen LogP contribution in [0.3, 0.4) is 0 Å². The van der Waals surface area contributed by atoms with Crippen LogP contribution in [0.4, 0.5) is 0 Å². The van der Waals surface area contributed by atoms with E-state index in [0.717, 1.165) is 16.3 Å². The van der Waals surface area contributed by atoms with Crippen molar-refractivity contribution < 1.29 is 18.8 Å². The van der Waals surface area contributed by atoms with Crippen LogP contribution < -0.4 is 19.4 Å². The molecule has 1 heterocycles. The monoisotopic (exact) mass is 337 g/mol. The van der Waals surface area contributed by atoms with Gasteiger partial charge in [0.15, 0.2) is 23.9 Å². The lowest BCUT2D eigenvalue weighted by molar-refractivity contribution is -0.683. The van der Waals surface area contributed by atoms with Gasteiger partial charge in [0.05, 0.1) is 14.2 Å². The van der Waals surface area contributed by atoms with Gasteiger partial charge in [-0.1, -0.05) is 24.3 Å². The number of benzene rings is 2. The molecule has 3 aromatic rings. The van der Waals surface area contributed by atoms with Crippen molar-refractivity contribution in [2.75, 3.05) is 14.2 Å². The van der Waals surface area contributed by atoms with E-state index in [9.17, 15) is 4.79 Å². The van der Waals surface area contributed by atoms with Gasteiger partial charge < -0.3 is 14.8 Å². The van der Waals surface area contributed by atoms with Gasteiger partial charge in [-0.3, -0.25) is 4.79 Å². The second kappa shape index (κ2) is 7.66. The van der Waals surface area contributed by atoms with Crippen LogP contribution in [-0.2, 0) is 17.9 Å². The molecule has 1 N–H and O–H groups in total. The number of amides is 1. The number of methoxy groups -OCH3 is 2. The Morgan fingerprint density at radius 2 is 1.76 bits per heavy atom. The minimum absolute atomic E-state index is 0.0462. The summed E-state index contributed by atoms with van der Waals surface area (Å²) in [7, 11) is 3.19. The van der Waals surface area contributed by atoms with Crippen molar-refractivity contribution in [3.63, 3.8) is 0 Å². The maximum Gasteiger partial charge on any atom is 0.286 e. The van der Waals surface area contributed by atoms with Crippen LogP contribution in [0.25, 0.3) is 10.8 Å². The lowest BCUT2D eigenvalue weighted by atomic mass is 10.2. The molecule has 0 unspecified atom stereocenters. The number of carbonyl (C=O) groups excluding carboxylic acids is 1. The first-order valence-electron chi connectivity index (χ1n) is 8.05. The molecule has 1 amide bonds. The molecule has 1 aromatic heterocycles. The highest BCUT2D eigenvalue weighted by Gasteiger charge is 2.11. The summed E-state index contributed by atoms with van der Waals surface area (Å²) in [5, 5.41) is 5.19. The zero-order valence-corrected chi connectivity index (χ0v) is 14.4. The average Bonchev–Trinajstić information content (AvgIpc) is 2.66. The van der Waals surface area contributed by atoms with Crippen LogP contribution in [0, 0.1) is 0 Å². The number of pyridine rings is 1. The number of hydrogen-bond donors (Lipinski definition) is 1. The van der Waals surface area contributed by atoms with E-state index in [2.05, 4.69) is 11.4 Å². The van der Waals surface area contributed by atoms with Crippen molar-refractivity contribution in [1.82, 2.24) is 5.32 Å². The molecule has 0 radical (unpaired) electrons. The quantitative estimate of drug-likeness (QED) is 0.703. The third-order valence-electron chi connectivity index (χ3n) is 4.01. The molecule has 5 nitrogen and oxygen atoms in total. The van der Waals surface area contributed by atoms with Crippen molar-refractivity contribution in [2.24, 2.45) is 0 Å². The topological polar surface area (TPSA) is 51.4 Å². The molecule has 128 valence electrons. The third-order valence-corrected chi connectivity index (χ3v) is 4.01. The third kappa shape index (κ3) is 4.07. The lowest BCUT2D eigenvalue weighted by Crippen LogP contribution is -2.42. The fraction of sp³-hybridized carbons (Fsp3) is 0.200. The van der Waals surface area contributed by atoms with Crippen LogP contribution in [0.5, 0.6) is 11.5 Å². The standard InChI is InChI=1S/C20H20N2O3/c1-24-18-8-7-15(11-19(18)25-2)12-21-20(23)14-22-10-9-16-5-3-4-6-17(16)13-22/h3-11,13H,12,14H2,1-2H3/p+1. The van der Waals surface area contributed by atoms with E-state index in [1.54, 1.807) is 14.2 Å². The molecule has 5 heteroatoms. The molecule has 0 fully saturated rings. The fourth-order valence-electron chi connectivity index (χ4n) is 2.69. The van der Waals surface area contributed by atoms with Crippen LogP contribution in [0.1, 0.15) is 5.56 Å². The molecule has 0 spiro atoms. The highest BCUT2D eigenvalue weighted by molar-refractivity contribution is 5.80. The van der Waals surface area contributed by atoms with Crippen LogP contribution in [0.2, 0.25) is 0 Å². The van der Waals surface area contributed by atoms with Crippen molar-refractivity contribution in [3.05, 3.63) is 66.5 Å². The van der Waals surface area contributed by atoms with Gasteiger partial charge in [-0.15, -0.1) is 0 Å². The fourth-order valence-corrected chi connectivity index (χ4v) is 2.69. The number of rotatable bonds is 6. The minimum atomic E-state index is -0.0462. The first-order chi connectivity index (χ1) is 12.2. The number of nitrogens with one attached hydrogen (secondary N) is 1. The van der Waals surface area contributed by atoms with E-state index < -0.39 is 0 Å². The molecule has 2 aromatic carbocycles. The summed E-state index contributed by atoms with van der Waals surface area (Å²) >= 11 is 0. The molecule has 0 aliphatic heterocycles. The molecule has 0 aliphatic carbocycles. The number of hydrogen-bond acceptors (Lipinski definition) is 3. The molecular formula is C20H21N2O3+. The molecule has 0 bridgehead atoms. The normalized spacial score (nSPS) is 10.5. The van der Waals surface area contributed by atoms with Crippen molar-refractivity contribution in [2.45, 2.75) is 13.1 Å². The summed E-state index contributed by atoms with van der Waals surface area (Å²) in [6.07, 6.45) is 3.89. The second-order valence-electron chi connectivity index (χ2n) is 5.71. The van der Waals surface area contributed by atoms with E-state index in [0.29, 0.717) is 18.0 Å². The smallest absolute Gasteiger partial charge is 0.286 e. The van der Waals surface area contributed by atoms with E-state index in [1.807, 2.05) is 59.4 Å². The Labute approximate surface area is 146 Å². The molecule has 0 aliphatic rings. The van der Waals surface area contributed by atoms with Gasteiger partial charge in [0.25, 0.3) is 5.91 Å². The Hall–Kier alpha value is -3.08. The Bertz CT molecular complexity index is 893. The molecule has 3 rings (SSSR count). The molecule has 0 saturated carbocycles. The number of nitrogens with zero attached hydrogens (tertiary/aromatic N) is 1. The Kier molecular flexibility index (Phi) is 5.14. The molecule has 0 atom stereocenters. The summed E-state index contributed by atoms with van der Waals surface area (Å²) in [5.74, 6) is 1.28. The summed E-state index contributed by atoms with van der Waals surface area (Å²) < 4.78 is 12.4. The second-order valence-corrected chi connectivity index (χ2v) is 5.71. The van der Waals surface area contributed by atoms with Gasteiger partial charge in [0.1, 0.15) is 0 Å². The van der Waals surface area contributed by atoms with Gasteiger partial charge in [-0.05, 0) is 29.1 Å². The largest absolute Gasteiger partial charge is 0.493 e. The zero-order chi connectivity index (χ0) is 17.6. The number of carbonyl (C=O) groups is 1. The number of fused-ring (bicyclic) bond motifs is 1. The predicted octanol–water partition coefficient (Wildman–Crippen LogP) is 2.46. The lowest BCUT2D eigenvalue weighted by Gasteiger charge is -2.10. The Balaban J connectivity index is 1.62. The van der Waals surface area contributed by atoms with E-state index in [1.165, 1.54) is 0 Å². The van der Waals surface area contributed by atoms with Gasteiger partial charge in [0, 0.05) is 18.0 Å². The highest BCUT2D eigenvalue weighted by Crippen LogP contribution is 2.27. The van der Waals surface area contributed by atoms with Gasteiger partial charge in [-0.25, -0.2) is 0 Å². The van der Waals surface area contributed by atoms with Crippen LogP contribution in [0.15, 0.2) is 60.9 Å². The predicted molar refractivity (Wildman–Crippen MR) is 95.5 cm³/mol. The maximum absolute atomic E-state index is 12.2. The summed E-state index contributed by atoms with van der Waals surface area (Å²) in [4.78, 5) is 12.2. The molecular weight excluding hydrogens is 316 g/mol. The minimum Gasteiger partial charge on any atom is -0.493 e.